The minimum atomic E-state index is -0.824. The molecular weight excluding hydrogens is 256 g/mol. The smallest absolute Gasteiger partial charge is 0.308 e. The number of benzene rings is 1. The Hall–Kier alpha value is -1.88. The first-order chi connectivity index (χ1) is 9.58. The zero-order chi connectivity index (χ0) is 14.5. The zero-order valence-electron chi connectivity index (χ0n) is 11.4. The van der Waals surface area contributed by atoms with Crippen molar-refractivity contribution in [3.05, 3.63) is 35.9 Å². The van der Waals surface area contributed by atoms with Crippen LogP contribution in [0.2, 0.25) is 0 Å². The van der Waals surface area contributed by atoms with Crippen LogP contribution in [0.25, 0.3) is 0 Å². The van der Waals surface area contributed by atoms with Crippen LogP contribution in [0.3, 0.4) is 0 Å². The molecule has 1 aliphatic heterocycles. The third-order valence-corrected chi connectivity index (χ3v) is 3.75. The topological polar surface area (TPSA) is 83.6 Å². The second-order valence-electron chi connectivity index (χ2n) is 5.24. The highest BCUT2D eigenvalue weighted by Crippen LogP contribution is 2.20. The molecule has 2 rings (SSSR count). The molecule has 0 spiro atoms. The number of likely N-dealkylation sites (tertiary alicyclic amines) is 1. The average molecular weight is 276 g/mol. The minimum absolute atomic E-state index is 0.0627. The summed E-state index contributed by atoms with van der Waals surface area (Å²) in [6.07, 6.45) is 1.60. The number of carboxylic acids is 1. The Labute approximate surface area is 118 Å². The molecule has 1 aromatic carbocycles. The summed E-state index contributed by atoms with van der Waals surface area (Å²) >= 11 is 0. The van der Waals surface area contributed by atoms with Crippen LogP contribution in [0.1, 0.15) is 30.9 Å². The fraction of sp³-hybridized carbons (Fsp3) is 0.467. The standard InChI is InChI=1S/C15H20N2O3/c16-13(11-5-2-1-3-6-11)9-14(18)17-8-4-7-12(10-17)15(19)20/h1-3,5-6,12-13H,4,7-10,16H2,(H,19,20)/t12-,13?/m1/s1. The predicted molar refractivity (Wildman–Crippen MR) is 74.9 cm³/mol. The van der Waals surface area contributed by atoms with E-state index in [1.54, 1.807) is 4.90 Å². The van der Waals surface area contributed by atoms with Crippen LogP contribution < -0.4 is 5.73 Å². The van der Waals surface area contributed by atoms with Crippen LogP contribution in [-0.2, 0) is 9.59 Å². The molecule has 108 valence electrons. The van der Waals surface area contributed by atoms with Gasteiger partial charge < -0.3 is 15.7 Å². The molecule has 1 unspecified atom stereocenters. The maximum atomic E-state index is 12.2. The van der Waals surface area contributed by atoms with Gasteiger partial charge in [-0.1, -0.05) is 30.3 Å². The minimum Gasteiger partial charge on any atom is -0.481 e. The van der Waals surface area contributed by atoms with Crippen LogP contribution in [0, 0.1) is 5.92 Å². The van der Waals surface area contributed by atoms with Crippen LogP contribution in [0.4, 0.5) is 0 Å². The molecular formula is C15H20N2O3. The Morgan fingerprint density at radius 3 is 2.70 bits per heavy atom. The van der Waals surface area contributed by atoms with Gasteiger partial charge in [-0.3, -0.25) is 9.59 Å². The van der Waals surface area contributed by atoms with Crippen LogP contribution >= 0.6 is 0 Å². The second kappa shape index (κ2) is 6.52. The number of carbonyl (C=O) groups excluding carboxylic acids is 1. The number of amides is 1. The Bertz CT molecular complexity index is 475. The summed E-state index contributed by atoms with van der Waals surface area (Å²) in [4.78, 5) is 24.8. The fourth-order valence-corrected chi connectivity index (χ4v) is 2.54. The fourth-order valence-electron chi connectivity index (χ4n) is 2.54. The lowest BCUT2D eigenvalue weighted by molar-refractivity contribution is -0.145. The third-order valence-electron chi connectivity index (χ3n) is 3.75. The van der Waals surface area contributed by atoms with Crippen LogP contribution in [0.5, 0.6) is 0 Å². The first-order valence-electron chi connectivity index (χ1n) is 6.89. The maximum absolute atomic E-state index is 12.2. The highest BCUT2D eigenvalue weighted by atomic mass is 16.4. The molecule has 1 heterocycles. The number of carboxylic acid groups (broad SMARTS) is 1. The molecule has 1 amide bonds. The van der Waals surface area contributed by atoms with Gasteiger partial charge in [-0.15, -0.1) is 0 Å². The molecule has 5 nitrogen and oxygen atoms in total. The molecule has 0 radical (unpaired) electrons. The molecule has 2 atom stereocenters. The molecule has 1 fully saturated rings. The summed E-state index contributed by atoms with van der Waals surface area (Å²) in [5.74, 6) is -1.33. The summed E-state index contributed by atoms with van der Waals surface area (Å²) in [6.45, 7) is 0.930. The molecule has 0 aliphatic carbocycles. The Morgan fingerprint density at radius 1 is 1.35 bits per heavy atom. The van der Waals surface area contributed by atoms with Gasteiger partial charge in [0.2, 0.25) is 5.91 Å². The summed E-state index contributed by atoms with van der Waals surface area (Å²) < 4.78 is 0. The van der Waals surface area contributed by atoms with Crippen molar-refractivity contribution in [1.82, 2.24) is 4.90 Å². The first kappa shape index (κ1) is 14.5. The van der Waals surface area contributed by atoms with E-state index in [4.69, 9.17) is 10.8 Å². The molecule has 3 N–H and O–H groups in total. The van der Waals surface area contributed by atoms with Crippen molar-refractivity contribution in [3.8, 4) is 0 Å². The van der Waals surface area contributed by atoms with E-state index in [2.05, 4.69) is 0 Å². The lowest BCUT2D eigenvalue weighted by Crippen LogP contribution is -2.43. The number of rotatable bonds is 4. The number of hydrogen-bond donors (Lipinski definition) is 2. The highest BCUT2D eigenvalue weighted by molar-refractivity contribution is 5.78. The highest BCUT2D eigenvalue weighted by Gasteiger charge is 2.28. The second-order valence-corrected chi connectivity index (χ2v) is 5.24. The molecule has 1 saturated heterocycles. The van der Waals surface area contributed by atoms with E-state index in [-0.39, 0.29) is 18.4 Å². The van der Waals surface area contributed by atoms with Gasteiger partial charge >= 0.3 is 5.97 Å². The summed E-state index contributed by atoms with van der Waals surface area (Å²) in [5, 5.41) is 9.04. The largest absolute Gasteiger partial charge is 0.481 e. The van der Waals surface area contributed by atoms with E-state index in [1.165, 1.54) is 0 Å². The van der Waals surface area contributed by atoms with Gasteiger partial charge in [-0.2, -0.15) is 0 Å². The number of nitrogens with two attached hydrogens (primary N) is 1. The molecule has 0 bridgehead atoms. The van der Waals surface area contributed by atoms with Gasteiger partial charge in [0.15, 0.2) is 0 Å². The Kier molecular flexibility index (Phi) is 4.74. The number of aliphatic carboxylic acids is 1. The zero-order valence-corrected chi connectivity index (χ0v) is 11.4. The van der Waals surface area contributed by atoms with E-state index >= 15 is 0 Å². The summed E-state index contributed by atoms with van der Waals surface area (Å²) in [7, 11) is 0. The van der Waals surface area contributed by atoms with Crippen molar-refractivity contribution in [1.29, 1.82) is 0 Å². The number of nitrogens with zero attached hydrogens (tertiary/aromatic N) is 1. The number of carbonyl (C=O) groups is 2. The lowest BCUT2D eigenvalue weighted by Gasteiger charge is -2.31. The average Bonchev–Trinajstić information content (AvgIpc) is 2.48. The monoisotopic (exact) mass is 276 g/mol. The van der Waals surface area contributed by atoms with Crippen molar-refractivity contribution >= 4 is 11.9 Å². The van der Waals surface area contributed by atoms with E-state index in [1.807, 2.05) is 30.3 Å². The molecule has 0 saturated carbocycles. The predicted octanol–water partition coefficient (Wildman–Crippen LogP) is 1.40. The molecule has 1 aliphatic rings. The van der Waals surface area contributed by atoms with Crippen molar-refractivity contribution in [2.75, 3.05) is 13.1 Å². The van der Waals surface area contributed by atoms with E-state index in [9.17, 15) is 9.59 Å². The van der Waals surface area contributed by atoms with Crippen molar-refractivity contribution in [2.24, 2.45) is 11.7 Å². The Morgan fingerprint density at radius 2 is 2.05 bits per heavy atom. The Balaban J connectivity index is 1.93. The lowest BCUT2D eigenvalue weighted by atomic mass is 9.97. The third kappa shape index (κ3) is 3.57. The summed E-state index contributed by atoms with van der Waals surface area (Å²) in [5.41, 5.74) is 6.96. The maximum Gasteiger partial charge on any atom is 0.308 e. The van der Waals surface area contributed by atoms with Crippen LogP contribution in [0.15, 0.2) is 30.3 Å². The van der Waals surface area contributed by atoms with E-state index < -0.39 is 11.9 Å². The SMILES string of the molecule is NC(CC(=O)N1CCC[C@@H](C(=O)O)C1)c1ccccc1. The molecule has 5 heteroatoms. The van der Waals surface area contributed by atoms with Gasteiger partial charge in [-0.05, 0) is 18.4 Å². The van der Waals surface area contributed by atoms with E-state index in [0.717, 1.165) is 12.0 Å². The van der Waals surface area contributed by atoms with Crippen molar-refractivity contribution in [2.45, 2.75) is 25.3 Å². The van der Waals surface area contributed by atoms with Gasteiger partial charge in [0, 0.05) is 25.6 Å². The number of piperidine rings is 1. The van der Waals surface area contributed by atoms with Gasteiger partial charge in [0.1, 0.15) is 0 Å². The van der Waals surface area contributed by atoms with Gasteiger partial charge in [-0.25, -0.2) is 0 Å². The van der Waals surface area contributed by atoms with Crippen LogP contribution in [-0.4, -0.2) is 35.0 Å². The molecule has 1 aromatic rings. The van der Waals surface area contributed by atoms with Crippen molar-refractivity contribution in [3.63, 3.8) is 0 Å². The van der Waals surface area contributed by atoms with Gasteiger partial charge in [0.05, 0.1) is 5.92 Å². The first-order valence-corrected chi connectivity index (χ1v) is 6.89. The molecule has 0 aromatic heterocycles. The normalized spacial score (nSPS) is 20.4. The number of hydrogen-bond acceptors (Lipinski definition) is 3. The summed E-state index contributed by atoms with van der Waals surface area (Å²) in [6, 6.07) is 9.14. The quantitative estimate of drug-likeness (QED) is 0.870. The molecule has 20 heavy (non-hydrogen) atoms. The van der Waals surface area contributed by atoms with Crippen molar-refractivity contribution < 1.29 is 14.7 Å². The van der Waals surface area contributed by atoms with E-state index in [0.29, 0.717) is 19.5 Å². The van der Waals surface area contributed by atoms with Gasteiger partial charge in [0.25, 0.3) is 0 Å².